The van der Waals surface area contributed by atoms with E-state index < -0.39 is 0 Å². The van der Waals surface area contributed by atoms with E-state index in [1.54, 1.807) is 6.07 Å². The summed E-state index contributed by atoms with van der Waals surface area (Å²) in [7, 11) is 0. The molecule has 20 heavy (non-hydrogen) atoms. The lowest BCUT2D eigenvalue weighted by Crippen LogP contribution is -1.94. The van der Waals surface area contributed by atoms with Crippen LogP contribution in [0.5, 0.6) is 11.5 Å². The number of carbonyl (C=O) groups excluding carboxylic acids is 1. The van der Waals surface area contributed by atoms with Crippen LogP contribution in [0.3, 0.4) is 0 Å². The van der Waals surface area contributed by atoms with Crippen LogP contribution >= 0.6 is 0 Å². The monoisotopic (exact) mass is 268 g/mol. The van der Waals surface area contributed by atoms with E-state index >= 15 is 0 Å². The van der Waals surface area contributed by atoms with Gasteiger partial charge in [0.05, 0.1) is 0 Å². The summed E-state index contributed by atoms with van der Waals surface area (Å²) >= 11 is 0. The molecule has 0 aromatic heterocycles. The summed E-state index contributed by atoms with van der Waals surface area (Å²) in [6, 6.07) is 11.8. The van der Waals surface area contributed by atoms with Crippen molar-refractivity contribution in [1.82, 2.24) is 0 Å². The zero-order valence-electron chi connectivity index (χ0n) is 12.4. The predicted octanol–water partition coefficient (Wildman–Crippen LogP) is 5.03. The number of aldehydes is 1. The van der Waals surface area contributed by atoms with Gasteiger partial charge in [-0.25, -0.2) is 0 Å². The number of carbonyl (C=O) groups is 1. The third-order valence-corrected chi connectivity index (χ3v) is 3.43. The van der Waals surface area contributed by atoms with Gasteiger partial charge in [0, 0.05) is 5.56 Å². The topological polar surface area (TPSA) is 26.3 Å². The Balaban J connectivity index is 2.34. The molecular weight excluding hydrogens is 248 g/mol. The summed E-state index contributed by atoms with van der Waals surface area (Å²) in [5.41, 5.74) is 3.99. The highest BCUT2D eigenvalue weighted by atomic mass is 16.5. The smallest absolute Gasteiger partial charge is 0.150 e. The Morgan fingerprint density at radius 2 is 1.70 bits per heavy atom. The van der Waals surface area contributed by atoms with E-state index in [0.717, 1.165) is 28.9 Å². The fraction of sp³-hybridized carbons (Fsp3) is 0.278. The molecule has 0 bridgehead atoms. The fourth-order valence-electron chi connectivity index (χ4n) is 2.06. The minimum atomic E-state index is 0.469. The first-order valence-corrected chi connectivity index (χ1v) is 6.85. The fourth-order valence-corrected chi connectivity index (χ4v) is 2.06. The van der Waals surface area contributed by atoms with Crippen LogP contribution in [0.25, 0.3) is 0 Å². The molecule has 0 radical (unpaired) electrons. The Hall–Kier alpha value is -2.09. The molecule has 0 atom stereocenters. The lowest BCUT2D eigenvalue weighted by atomic mass is 10.0. The molecule has 2 nitrogen and oxygen atoms in total. The van der Waals surface area contributed by atoms with Crippen molar-refractivity contribution in [3.63, 3.8) is 0 Å². The molecule has 0 unspecified atom stereocenters. The minimum Gasteiger partial charge on any atom is -0.457 e. The Morgan fingerprint density at radius 1 is 0.950 bits per heavy atom. The average Bonchev–Trinajstić information content (AvgIpc) is 2.42. The molecule has 104 valence electrons. The van der Waals surface area contributed by atoms with Crippen LogP contribution in [0, 0.1) is 13.8 Å². The third-order valence-electron chi connectivity index (χ3n) is 3.43. The van der Waals surface area contributed by atoms with Gasteiger partial charge in [0.15, 0.2) is 0 Å². The lowest BCUT2D eigenvalue weighted by Gasteiger charge is -2.14. The van der Waals surface area contributed by atoms with Gasteiger partial charge < -0.3 is 4.74 Å². The molecule has 0 amide bonds. The van der Waals surface area contributed by atoms with Gasteiger partial charge in [-0.05, 0) is 60.7 Å². The molecule has 2 aromatic rings. The molecule has 0 saturated carbocycles. The first-order chi connectivity index (χ1) is 9.51. The molecule has 0 saturated heterocycles. The van der Waals surface area contributed by atoms with Crippen LogP contribution in [0.4, 0.5) is 0 Å². The van der Waals surface area contributed by atoms with Crippen molar-refractivity contribution < 1.29 is 9.53 Å². The highest BCUT2D eigenvalue weighted by molar-refractivity contribution is 5.75. The molecule has 0 aliphatic carbocycles. The van der Waals surface area contributed by atoms with Gasteiger partial charge in [-0.1, -0.05) is 26.0 Å². The van der Waals surface area contributed by atoms with E-state index in [-0.39, 0.29) is 0 Å². The highest BCUT2D eigenvalue weighted by Crippen LogP contribution is 2.30. The van der Waals surface area contributed by atoms with Crippen LogP contribution in [-0.4, -0.2) is 6.29 Å². The lowest BCUT2D eigenvalue weighted by molar-refractivity contribution is 0.112. The van der Waals surface area contributed by atoms with E-state index in [0.29, 0.717) is 11.5 Å². The van der Waals surface area contributed by atoms with E-state index in [1.165, 1.54) is 5.56 Å². The SMILES string of the molecule is Cc1cc(C=O)ccc1Oc1cc(C(C)C)ccc1C. The Kier molecular flexibility index (Phi) is 4.23. The standard InChI is InChI=1S/C18H20O2/c1-12(2)16-7-5-13(3)18(10-16)20-17-8-6-15(11-19)9-14(17)4/h5-12H,1-4H3. The van der Waals surface area contributed by atoms with Crippen molar-refractivity contribution >= 4 is 6.29 Å². The van der Waals surface area contributed by atoms with E-state index in [1.807, 2.05) is 26.0 Å². The van der Waals surface area contributed by atoms with Gasteiger partial charge in [0.1, 0.15) is 17.8 Å². The number of benzene rings is 2. The van der Waals surface area contributed by atoms with Crippen LogP contribution in [-0.2, 0) is 0 Å². The van der Waals surface area contributed by atoms with Crippen molar-refractivity contribution in [2.45, 2.75) is 33.6 Å². The molecule has 0 aliphatic rings. The van der Waals surface area contributed by atoms with Crippen LogP contribution in [0.1, 0.15) is 46.8 Å². The zero-order chi connectivity index (χ0) is 14.7. The van der Waals surface area contributed by atoms with Crippen molar-refractivity contribution in [2.75, 3.05) is 0 Å². The van der Waals surface area contributed by atoms with Crippen molar-refractivity contribution in [3.05, 3.63) is 58.7 Å². The molecule has 0 fully saturated rings. The maximum Gasteiger partial charge on any atom is 0.150 e. The summed E-state index contributed by atoms with van der Waals surface area (Å²) < 4.78 is 6.01. The maximum absolute atomic E-state index is 10.8. The Morgan fingerprint density at radius 3 is 2.30 bits per heavy atom. The molecule has 0 heterocycles. The van der Waals surface area contributed by atoms with Crippen molar-refractivity contribution in [2.24, 2.45) is 0 Å². The molecule has 0 aliphatic heterocycles. The largest absolute Gasteiger partial charge is 0.457 e. The first-order valence-electron chi connectivity index (χ1n) is 6.85. The number of hydrogen-bond acceptors (Lipinski definition) is 2. The maximum atomic E-state index is 10.8. The predicted molar refractivity (Wildman–Crippen MR) is 81.9 cm³/mol. The van der Waals surface area contributed by atoms with Crippen LogP contribution < -0.4 is 4.74 Å². The van der Waals surface area contributed by atoms with Crippen molar-refractivity contribution in [1.29, 1.82) is 0 Å². The summed E-state index contributed by atoms with van der Waals surface area (Å²) in [4.78, 5) is 10.8. The second-order valence-corrected chi connectivity index (χ2v) is 5.42. The third kappa shape index (κ3) is 3.08. The number of ether oxygens (including phenoxy) is 1. The van der Waals surface area contributed by atoms with Crippen LogP contribution in [0.15, 0.2) is 36.4 Å². The minimum absolute atomic E-state index is 0.469. The van der Waals surface area contributed by atoms with Gasteiger partial charge in [0.2, 0.25) is 0 Å². The van der Waals surface area contributed by atoms with Gasteiger partial charge in [-0.3, -0.25) is 4.79 Å². The average molecular weight is 268 g/mol. The second kappa shape index (κ2) is 5.91. The molecule has 2 heteroatoms. The number of hydrogen-bond donors (Lipinski definition) is 0. The van der Waals surface area contributed by atoms with Crippen molar-refractivity contribution in [3.8, 4) is 11.5 Å². The summed E-state index contributed by atoms with van der Waals surface area (Å²) in [5.74, 6) is 2.13. The second-order valence-electron chi connectivity index (χ2n) is 5.42. The normalized spacial score (nSPS) is 10.7. The Bertz CT molecular complexity index is 627. The van der Waals surface area contributed by atoms with Gasteiger partial charge in [0.25, 0.3) is 0 Å². The first kappa shape index (κ1) is 14.3. The van der Waals surface area contributed by atoms with E-state index in [4.69, 9.17) is 4.74 Å². The van der Waals surface area contributed by atoms with E-state index in [2.05, 4.69) is 32.0 Å². The van der Waals surface area contributed by atoms with Gasteiger partial charge in [-0.15, -0.1) is 0 Å². The van der Waals surface area contributed by atoms with Gasteiger partial charge >= 0.3 is 0 Å². The zero-order valence-corrected chi connectivity index (χ0v) is 12.4. The summed E-state index contributed by atoms with van der Waals surface area (Å²) in [5, 5.41) is 0. The van der Waals surface area contributed by atoms with Gasteiger partial charge in [-0.2, -0.15) is 0 Å². The summed E-state index contributed by atoms with van der Waals surface area (Å²) in [6.45, 7) is 8.32. The molecule has 0 N–H and O–H groups in total. The quantitative estimate of drug-likeness (QED) is 0.727. The van der Waals surface area contributed by atoms with E-state index in [9.17, 15) is 4.79 Å². The molecular formula is C18H20O2. The number of aryl methyl sites for hydroxylation is 2. The molecule has 2 rings (SSSR count). The molecule has 0 spiro atoms. The van der Waals surface area contributed by atoms with Crippen LogP contribution in [0.2, 0.25) is 0 Å². The number of rotatable bonds is 4. The summed E-state index contributed by atoms with van der Waals surface area (Å²) in [6.07, 6.45) is 0.849. The molecule has 2 aromatic carbocycles. The Labute approximate surface area is 120 Å². The highest BCUT2D eigenvalue weighted by Gasteiger charge is 2.08.